The predicted octanol–water partition coefficient (Wildman–Crippen LogP) is 5.25. The van der Waals surface area contributed by atoms with E-state index in [1.807, 2.05) is 61.5 Å². The number of hydrogen-bond acceptors (Lipinski definition) is 6. The number of hydrogen-bond donors (Lipinski definition) is 0. The van der Waals surface area contributed by atoms with Gasteiger partial charge in [-0.3, -0.25) is 4.98 Å². The van der Waals surface area contributed by atoms with Gasteiger partial charge in [0.15, 0.2) is 11.5 Å². The molecule has 0 atom stereocenters. The summed E-state index contributed by atoms with van der Waals surface area (Å²) in [5.41, 5.74) is 5.77. The van der Waals surface area contributed by atoms with E-state index in [9.17, 15) is 5.26 Å². The second-order valence-corrected chi connectivity index (χ2v) is 7.59. The number of nitriles is 1. The molecular weight excluding hydrogens is 414 g/mol. The summed E-state index contributed by atoms with van der Waals surface area (Å²) in [6.07, 6.45) is 3.11. The van der Waals surface area contributed by atoms with Crippen LogP contribution in [0.2, 0.25) is 0 Å². The van der Waals surface area contributed by atoms with Gasteiger partial charge in [-0.1, -0.05) is 31.2 Å². The molecule has 0 N–H and O–H groups in total. The summed E-state index contributed by atoms with van der Waals surface area (Å²) in [4.78, 5) is 9.09. The van der Waals surface area contributed by atoms with Crippen molar-refractivity contribution in [3.63, 3.8) is 0 Å². The molecule has 4 aromatic rings. The molecule has 33 heavy (non-hydrogen) atoms. The fourth-order valence-corrected chi connectivity index (χ4v) is 3.64. The smallest absolute Gasteiger partial charge is 0.161 e. The van der Waals surface area contributed by atoms with Crippen LogP contribution in [-0.4, -0.2) is 24.2 Å². The van der Waals surface area contributed by atoms with Gasteiger partial charge in [-0.2, -0.15) is 5.26 Å². The normalized spacial score (nSPS) is 10.6. The molecule has 6 nitrogen and oxygen atoms in total. The lowest BCUT2D eigenvalue weighted by molar-refractivity contribution is 0.284. The van der Waals surface area contributed by atoms with Crippen molar-refractivity contribution in [1.82, 2.24) is 9.97 Å². The average Bonchev–Trinajstić information content (AvgIpc) is 2.87. The molecule has 3 aromatic carbocycles. The van der Waals surface area contributed by atoms with Crippen molar-refractivity contribution in [2.75, 3.05) is 14.2 Å². The molecule has 1 heterocycles. The molecule has 0 saturated carbocycles. The Labute approximate surface area is 193 Å². The summed E-state index contributed by atoms with van der Waals surface area (Å²) in [5, 5.41) is 9.84. The predicted molar refractivity (Wildman–Crippen MR) is 127 cm³/mol. The van der Waals surface area contributed by atoms with E-state index < -0.39 is 0 Å². The number of ether oxygens (including phenoxy) is 3. The molecule has 0 aliphatic rings. The monoisotopic (exact) mass is 439 g/mol. The summed E-state index contributed by atoms with van der Waals surface area (Å²) >= 11 is 0. The van der Waals surface area contributed by atoms with E-state index >= 15 is 0 Å². The number of fused-ring (bicyclic) bond motifs is 1. The molecule has 0 fully saturated rings. The third-order valence-corrected chi connectivity index (χ3v) is 5.50. The van der Waals surface area contributed by atoms with E-state index in [0.717, 1.165) is 40.1 Å². The molecule has 0 amide bonds. The van der Waals surface area contributed by atoms with Crippen LogP contribution in [0.3, 0.4) is 0 Å². The Kier molecular flexibility index (Phi) is 6.70. The number of aryl methyl sites for hydroxylation is 1. The lowest BCUT2D eigenvalue weighted by Crippen LogP contribution is -2.01. The molecule has 0 bridgehead atoms. The van der Waals surface area contributed by atoms with Crippen LogP contribution in [-0.2, 0) is 19.4 Å². The average molecular weight is 440 g/mol. The summed E-state index contributed by atoms with van der Waals surface area (Å²) in [6.45, 7) is 2.44. The first-order chi connectivity index (χ1) is 16.1. The molecule has 166 valence electrons. The van der Waals surface area contributed by atoms with Gasteiger partial charge in [0.1, 0.15) is 23.9 Å². The maximum absolute atomic E-state index is 9.84. The minimum absolute atomic E-state index is 0.418. The van der Waals surface area contributed by atoms with Crippen LogP contribution in [0.5, 0.6) is 17.2 Å². The van der Waals surface area contributed by atoms with E-state index in [1.54, 1.807) is 20.4 Å². The van der Waals surface area contributed by atoms with E-state index in [1.165, 1.54) is 0 Å². The number of nitrogens with zero attached hydrogens (tertiary/aromatic N) is 3. The van der Waals surface area contributed by atoms with Crippen LogP contribution in [0.15, 0.2) is 60.8 Å². The van der Waals surface area contributed by atoms with Gasteiger partial charge in [0.25, 0.3) is 0 Å². The third-order valence-electron chi connectivity index (χ3n) is 5.50. The Morgan fingerprint density at radius 1 is 0.909 bits per heavy atom. The topological polar surface area (TPSA) is 77.3 Å². The van der Waals surface area contributed by atoms with Gasteiger partial charge in [-0.15, -0.1) is 0 Å². The van der Waals surface area contributed by atoms with Crippen molar-refractivity contribution < 1.29 is 14.2 Å². The highest BCUT2D eigenvalue weighted by Crippen LogP contribution is 2.31. The second-order valence-electron chi connectivity index (χ2n) is 7.59. The van der Waals surface area contributed by atoms with E-state index in [0.29, 0.717) is 35.6 Å². The van der Waals surface area contributed by atoms with Gasteiger partial charge in [-0.25, -0.2) is 4.98 Å². The molecule has 4 rings (SSSR count). The number of aromatic nitrogens is 2. The van der Waals surface area contributed by atoms with E-state index in [-0.39, 0.29) is 0 Å². The van der Waals surface area contributed by atoms with Crippen LogP contribution in [0.1, 0.15) is 34.9 Å². The highest BCUT2D eigenvalue weighted by Gasteiger charge is 2.13. The van der Waals surface area contributed by atoms with Crippen molar-refractivity contribution in [1.29, 1.82) is 5.26 Å². The van der Waals surface area contributed by atoms with Crippen molar-refractivity contribution in [3.05, 3.63) is 88.7 Å². The molecule has 0 aliphatic carbocycles. The standard InChI is InChI=1S/C27H25N3O3/c1-4-21-16-29-24-11-8-20(23(15-28)27(24)30-21)13-19-7-12-25(26(14-19)32-3)33-17-18-5-9-22(31-2)10-6-18/h5-12,14,16H,4,13,17H2,1-3H3. The van der Waals surface area contributed by atoms with Crippen LogP contribution in [0.4, 0.5) is 0 Å². The van der Waals surface area contributed by atoms with E-state index in [2.05, 4.69) is 16.0 Å². The third kappa shape index (κ3) is 4.88. The number of rotatable bonds is 8. The molecule has 0 unspecified atom stereocenters. The Balaban J connectivity index is 1.56. The lowest BCUT2D eigenvalue weighted by Gasteiger charge is -2.13. The molecule has 0 saturated heterocycles. The fourth-order valence-electron chi connectivity index (χ4n) is 3.64. The minimum atomic E-state index is 0.418. The maximum atomic E-state index is 9.84. The van der Waals surface area contributed by atoms with Crippen LogP contribution in [0, 0.1) is 11.3 Å². The zero-order valence-corrected chi connectivity index (χ0v) is 19.0. The molecule has 0 aliphatic heterocycles. The molecule has 0 spiro atoms. The highest BCUT2D eigenvalue weighted by atomic mass is 16.5. The zero-order valence-electron chi connectivity index (χ0n) is 19.0. The van der Waals surface area contributed by atoms with Crippen LogP contribution < -0.4 is 14.2 Å². The van der Waals surface area contributed by atoms with Gasteiger partial charge in [0.2, 0.25) is 0 Å². The Bertz CT molecular complexity index is 1310. The SMILES string of the molecule is CCc1cnc2ccc(Cc3ccc(OCc4ccc(OC)cc4)c(OC)c3)c(C#N)c2n1. The summed E-state index contributed by atoms with van der Waals surface area (Å²) in [5.74, 6) is 2.12. The Morgan fingerprint density at radius 3 is 2.39 bits per heavy atom. The van der Waals surface area contributed by atoms with Gasteiger partial charge >= 0.3 is 0 Å². The van der Waals surface area contributed by atoms with Crippen LogP contribution in [0.25, 0.3) is 11.0 Å². The highest BCUT2D eigenvalue weighted by molar-refractivity contribution is 5.82. The molecule has 0 radical (unpaired) electrons. The summed E-state index contributed by atoms with van der Waals surface area (Å²) in [6, 6.07) is 19.8. The first-order valence-corrected chi connectivity index (χ1v) is 10.8. The van der Waals surface area contributed by atoms with Gasteiger partial charge in [0.05, 0.1) is 31.0 Å². The summed E-state index contributed by atoms with van der Waals surface area (Å²) < 4.78 is 16.8. The summed E-state index contributed by atoms with van der Waals surface area (Å²) in [7, 11) is 3.27. The quantitative estimate of drug-likeness (QED) is 0.373. The molecule has 1 aromatic heterocycles. The maximum Gasteiger partial charge on any atom is 0.161 e. The van der Waals surface area contributed by atoms with E-state index in [4.69, 9.17) is 14.2 Å². The first kappa shape index (κ1) is 22.1. The lowest BCUT2D eigenvalue weighted by atomic mass is 9.98. The molecular formula is C27H25N3O3. The number of methoxy groups -OCH3 is 2. The largest absolute Gasteiger partial charge is 0.497 e. The zero-order chi connectivity index (χ0) is 23.2. The second kappa shape index (κ2) is 10.0. The van der Waals surface area contributed by atoms with Crippen molar-refractivity contribution >= 4 is 11.0 Å². The fraction of sp³-hybridized carbons (Fsp3) is 0.222. The van der Waals surface area contributed by atoms with Crippen LogP contribution >= 0.6 is 0 Å². The first-order valence-electron chi connectivity index (χ1n) is 10.8. The number of benzene rings is 3. The van der Waals surface area contributed by atoms with Gasteiger partial charge in [-0.05, 0) is 59.9 Å². The van der Waals surface area contributed by atoms with Crippen molar-refractivity contribution in [2.45, 2.75) is 26.4 Å². The van der Waals surface area contributed by atoms with Gasteiger partial charge < -0.3 is 14.2 Å². The Hall–Kier alpha value is -4.11. The van der Waals surface area contributed by atoms with Crippen molar-refractivity contribution in [2.24, 2.45) is 0 Å². The Morgan fingerprint density at radius 2 is 1.70 bits per heavy atom. The molecule has 6 heteroatoms. The minimum Gasteiger partial charge on any atom is -0.497 e. The van der Waals surface area contributed by atoms with Gasteiger partial charge in [0, 0.05) is 6.20 Å². The van der Waals surface area contributed by atoms with Crippen molar-refractivity contribution in [3.8, 4) is 23.3 Å².